The van der Waals surface area contributed by atoms with Gasteiger partial charge in [-0.25, -0.2) is 4.98 Å². The standard InChI is InChI=1S/C21H22N4O4S2/c1-4-5-18(26)24-21-23-14-8-7-13(11-17(14)31-21)22-20(30)25-19(27)12-6-9-15(28-2)16(10-12)29-3/h6-11H,4-5H2,1-3H3,(H,23,24,26)(H2,22,25,27,30). The van der Waals surface area contributed by atoms with E-state index < -0.39 is 0 Å². The van der Waals surface area contributed by atoms with Crippen LogP contribution in [0.25, 0.3) is 10.2 Å². The fourth-order valence-corrected chi connectivity index (χ4v) is 3.91. The number of fused-ring (bicyclic) bond motifs is 1. The number of hydrogen-bond donors (Lipinski definition) is 3. The lowest BCUT2D eigenvalue weighted by Crippen LogP contribution is -2.34. The average Bonchev–Trinajstić information content (AvgIpc) is 3.14. The zero-order chi connectivity index (χ0) is 22.4. The fourth-order valence-electron chi connectivity index (χ4n) is 2.78. The normalized spacial score (nSPS) is 10.4. The highest BCUT2D eigenvalue weighted by atomic mass is 32.1. The summed E-state index contributed by atoms with van der Waals surface area (Å²) in [6, 6.07) is 10.3. The zero-order valence-electron chi connectivity index (χ0n) is 17.3. The first-order chi connectivity index (χ1) is 14.9. The van der Waals surface area contributed by atoms with E-state index in [4.69, 9.17) is 21.7 Å². The van der Waals surface area contributed by atoms with Gasteiger partial charge >= 0.3 is 0 Å². The third-order valence-corrected chi connectivity index (χ3v) is 5.38. The van der Waals surface area contributed by atoms with Crippen molar-refractivity contribution in [2.45, 2.75) is 19.8 Å². The summed E-state index contributed by atoms with van der Waals surface area (Å²) in [5.41, 5.74) is 1.84. The molecule has 0 aliphatic carbocycles. The van der Waals surface area contributed by atoms with Crippen molar-refractivity contribution in [1.82, 2.24) is 10.3 Å². The lowest BCUT2D eigenvalue weighted by molar-refractivity contribution is -0.116. The van der Waals surface area contributed by atoms with Gasteiger partial charge in [-0.2, -0.15) is 0 Å². The highest BCUT2D eigenvalue weighted by Crippen LogP contribution is 2.29. The SMILES string of the molecule is CCCC(=O)Nc1nc2ccc(NC(=S)NC(=O)c3ccc(OC)c(OC)c3)cc2s1. The molecule has 1 heterocycles. The second kappa shape index (κ2) is 10.2. The summed E-state index contributed by atoms with van der Waals surface area (Å²) in [7, 11) is 3.03. The highest BCUT2D eigenvalue weighted by Gasteiger charge is 2.13. The highest BCUT2D eigenvalue weighted by molar-refractivity contribution is 7.80. The van der Waals surface area contributed by atoms with E-state index in [2.05, 4.69) is 20.9 Å². The van der Waals surface area contributed by atoms with Gasteiger partial charge in [-0.3, -0.25) is 14.9 Å². The molecular weight excluding hydrogens is 436 g/mol. The molecule has 0 saturated carbocycles. The topological polar surface area (TPSA) is 102 Å². The first-order valence-electron chi connectivity index (χ1n) is 9.48. The number of nitrogens with one attached hydrogen (secondary N) is 3. The molecule has 10 heteroatoms. The first-order valence-corrected chi connectivity index (χ1v) is 10.7. The Morgan fingerprint density at radius 2 is 1.84 bits per heavy atom. The van der Waals surface area contributed by atoms with Crippen molar-refractivity contribution in [2.75, 3.05) is 24.9 Å². The lowest BCUT2D eigenvalue weighted by Gasteiger charge is -2.11. The summed E-state index contributed by atoms with van der Waals surface area (Å²) in [5.74, 6) is 0.548. The van der Waals surface area contributed by atoms with E-state index in [1.807, 2.05) is 19.1 Å². The van der Waals surface area contributed by atoms with E-state index in [0.29, 0.717) is 34.3 Å². The number of nitrogens with zero attached hydrogens (tertiary/aromatic N) is 1. The van der Waals surface area contributed by atoms with Crippen molar-refractivity contribution < 1.29 is 19.1 Å². The molecule has 0 bridgehead atoms. The van der Waals surface area contributed by atoms with E-state index in [1.165, 1.54) is 25.6 Å². The van der Waals surface area contributed by atoms with Crippen LogP contribution in [0.5, 0.6) is 11.5 Å². The molecular formula is C21H22N4O4S2. The molecule has 162 valence electrons. The Balaban J connectivity index is 1.65. The number of rotatable bonds is 7. The minimum atomic E-state index is -0.377. The minimum absolute atomic E-state index is 0.0565. The summed E-state index contributed by atoms with van der Waals surface area (Å²) >= 11 is 6.64. The van der Waals surface area contributed by atoms with Gasteiger partial charge in [-0.1, -0.05) is 18.3 Å². The van der Waals surface area contributed by atoms with E-state index in [-0.39, 0.29) is 16.9 Å². The number of methoxy groups -OCH3 is 2. The molecule has 3 N–H and O–H groups in total. The van der Waals surface area contributed by atoms with Crippen molar-refractivity contribution in [3.05, 3.63) is 42.0 Å². The Hall–Kier alpha value is -3.24. The quantitative estimate of drug-likeness (QED) is 0.457. The first kappa shape index (κ1) is 22.4. The lowest BCUT2D eigenvalue weighted by atomic mass is 10.2. The second-order valence-corrected chi connectivity index (χ2v) is 7.92. The van der Waals surface area contributed by atoms with E-state index in [0.717, 1.165) is 16.6 Å². The summed E-state index contributed by atoms with van der Waals surface area (Å²) in [6.45, 7) is 1.95. The predicted molar refractivity (Wildman–Crippen MR) is 126 cm³/mol. The molecule has 8 nitrogen and oxygen atoms in total. The third-order valence-electron chi connectivity index (χ3n) is 4.24. The number of benzene rings is 2. The molecule has 1 aromatic heterocycles. The molecule has 0 atom stereocenters. The van der Waals surface area contributed by atoms with Gasteiger partial charge in [0.1, 0.15) is 0 Å². The zero-order valence-corrected chi connectivity index (χ0v) is 18.9. The predicted octanol–water partition coefficient (Wildman–Crippen LogP) is 4.18. The van der Waals surface area contributed by atoms with Crippen LogP contribution in [0.1, 0.15) is 30.1 Å². The Morgan fingerprint density at radius 3 is 2.55 bits per heavy atom. The Labute approximate surface area is 189 Å². The number of hydrogen-bond acceptors (Lipinski definition) is 7. The van der Waals surface area contributed by atoms with Crippen LogP contribution in [0, 0.1) is 0 Å². The number of ether oxygens (including phenoxy) is 2. The minimum Gasteiger partial charge on any atom is -0.493 e. The van der Waals surface area contributed by atoms with Gasteiger partial charge in [0, 0.05) is 17.7 Å². The van der Waals surface area contributed by atoms with Crippen LogP contribution in [0.15, 0.2) is 36.4 Å². The van der Waals surface area contributed by atoms with Gasteiger partial charge < -0.3 is 20.1 Å². The van der Waals surface area contributed by atoms with Gasteiger partial charge in [-0.15, -0.1) is 0 Å². The number of carbonyl (C=O) groups excluding carboxylic acids is 2. The van der Waals surface area contributed by atoms with Gasteiger partial charge in [0.2, 0.25) is 5.91 Å². The van der Waals surface area contributed by atoms with Gasteiger partial charge in [0.15, 0.2) is 21.7 Å². The molecule has 3 aromatic rings. The van der Waals surface area contributed by atoms with Crippen LogP contribution in [-0.2, 0) is 4.79 Å². The number of carbonyl (C=O) groups is 2. The van der Waals surface area contributed by atoms with E-state index >= 15 is 0 Å². The number of aromatic nitrogens is 1. The Morgan fingerprint density at radius 1 is 1.06 bits per heavy atom. The smallest absolute Gasteiger partial charge is 0.257 e. The molecule has 0 radical (unpaired) electrons. The average molecular weight is 459 g/mol. The van der Waals surface area contributed by atoms with Crippen molar-refractivity contribution in [3.63, 3.8) is 0 Å². The van der Waals surface area contributed by atoms with Crippen molar-refractivity contribution in [1.29, 1.82) is 0 Å². The maximum Gasteiger partial charge on any atom is 0.257 e. The van der Waals surface area contributed by atoms with Crippen molar-refractivity contribution in [2.24, 2.45) is 0 Å². The van der Waals surface area contributed by atoms with Gasteiger partial charge in [0.25, 0.3) is 5.91 Å². The number of thiazole rings is 1. The molecule has 2 aromatic carbocycles. The van der Waals surface area contributed by atoms with E-state index in [9.17, 15) is 9.59 Å². The maximum atomic E-state index is 12.5. The van der Waals surface area contributed by atoms with Crippen LogP contribution in [0.4, 0.5) is 10.8 Å². The van der Waals surface area contributed by atoms with Crippen LogP contribution in [-0.4, -0.2) is 36.1 Å². The Bertz CT molecular complexity index is 1130. The second-order valence-electron chi connectivity index (χ2n) is 6.48. The molecule has 0 aliphatic heterocycles. The molecule has 0 unspecified atom stereocenters. The third kappa shape index (κ3) is 5.68. The molecule has 0 saturated heterocycles. The number of anilines is 2. The molecule has 31 heavy (non-hydrogen) atoms. The van der Waals surface area contributed by atoms with Crippen molar-refractivity contribution in [3.8, 4) is 11.5 Å². The van der Waals surface area contributed by atoms with Crippen LogP contribution in [0.2, 0.25) is 0 Å². The molecule has 0 spiro atoms. The molecule has 3 rings (SSSR count). The van der Waals surface area contributed by atoms with Crippen LogP contribution < -0.4 is 25.4 Å². The van der Waals surface area contributed by atoms with Crippen molar-refractivity contribution >= 4 is 61.5 Å². The van der Waals surface area contributed by atoms with E-state index in [1.54, 1.807) is 24.3 Å². The molecule has 0 fully saturated rings. The maximum absolute atomic E-state index is 12.5. The fraction of sp³-hybridized carbons (Fsp3) is 0.238. The van der Waals surface area contributed by atoms with Crippen LogP contribution >= 0.6 is 23.6 Å². The monoisotopic (exact) mass is 458 g/mol. The number of thiocarbonyl (C=S) groups is 1. The largest absolute Gasteiger partial charge is 0.493 e. The van der Waals surface area contributed by atoms with Gasteiger partial charge in [0.05, 0.1) is 24.4 Å². The number of amides is 2. The van der Waals surface area contributed by atoms with Gasteiger partial charge in [-0.05, 0) is 55.0 Å². The summed E-state index contributed by atoms with van der Waals surface area (Å²) in [4.78, 5) is 28.7. The summed E-state index contributed by atoms with van der Waals surface area (Å²) in [5, 5.41) is 9.14. The molecule has 0 aliphatic rings. The summed E-state index contributed by atoms with van der Waals surface area (Å²) in [6.07, 6.45) is 1.23. The molecule has 2 amide bonds. The summed E-state index contributed by atoms with van der Waals surface area (Å²) < 4.78 is 11.3. The Kier molecular flexibility index (Phi) is 7.37. The van der Waals surface area contributed by atoms with Crippen LogP contribution in [0.3, 0.4) is 0 Å².